The van der Waals surface area contributed by atoms with Crippen LogP contribution in [0.3, 0.4) is 0 Å². The third-order valence-corrected chi connectivity index (χ3v) is 4.01. The number of aryl methyl sites for hydroxylation is 1. The van der Waals surface area contributed by atoms with E-state index >= 15 is 0 Å². The fourth-order valence-corrected chi connectivity index (χ4v) is 2.59. The molecule has 0 radical (unpaired) electrons. The van der Waals surface area contributed by atoms with Crippen LogP contribution in [0, 0.1) is 6.92 Å². The molecule has 0 amide bonds. The van der Waals surface area contributed by atoms with Gasteiger partial charge >= 0.3 is 0 Å². The lowest BCUT2D eigenvalue weighted by Gasteiger charge is -2.25. The summed E-state index contributed by atoms with van der Waals surface area (Å²) in [5.41, 5.74) is 8.01. The Morgan fingerprint density at radius 3 is 2.50 bits per heavy atom. The molecule has 1 heterocycles. The van der Waals surface area contributed by atoms with Gasteiger partial charge in [0.25, 0.3) is 0 Å². The van der Waals surface area contributed by atoms with Gasteiger partial charge in [-0.2, -0.15) is 0 Å². The van der Waals surface area contributed by atoms with Crippen LogP contribution in [0.4, 0.5) is 0 Å². The lowest BCUT2D eigenvalue weighted by atomic mass is 9.86. The van der Waals surface area contributed by atoms with Gasteiger partial charge in [-0.05, 0) is 25.8 Å². The van der Waals surface area contributed by atoms with Crippen molar-refractivity contribution in [2.45, 2.75) is 64.2 Å². The summed E-state index contributed by atoms with van der Waals surface area (Å²) < 4.78 is 0. The van der Waals surface area contributed by atoms with Gasteiger partial charge in [0.2, 0.25) is 0 Å². The number of nitrogens with zero attached hydrogens (tertiary/aromatic N) is 2. The average molecular weight is 247 g/mol. The van der Waals surface area contributed by atoms with Crippen molar-refractivity contribution in [3.63, 3.8) is 0 Å². The van der Waals surface area contributed by atoms with Gasteiger partial charge in [-0.15, -0.1) is 0 Å². The molecular weight excluding hydrogens is 222 g/mol. The molecular formula is C15H25N3. The van der Waals surface area contributed by atoms with Gasteiger partial charge in [-0.1, -0.05) is 33.1 Å². The molecule has 100 valence electrons. The van der Waals surface area contributed by atoms with Gasteiger partial charge in [0.15, 0.2) is 0 Å². The molecule has 0 aliphatic heterocycles. The molecule has 1 aliphatic carbocycles. The molecule has 0 unspecified atom stereocenters. The topological polar surface area (TPSA) is 51.8 Å². The van der Waals surface area contributed by atoms with Crippen LogP contribution >= 0.6 is 0 Å². The van der Waals surface area contributed by atoms with E-state index in [9.17, 15) is 0 Å². The van der Waals surface area contributed by atoms with E-state index in [1.165, 1.54) is 37.8 Å². The molecule has 1 saturated carbocycles. The molecule has 0 aromatic carbocycles. The first-order chi connectivity index (χ1) is 8.53. The standard InChI is InChI=1S/C15H25N3/c1-11-9-13(12-7-5-4-6-8-12)18-14(17-11)15(2,3)10-16/h9,12H,4-8,10,16H2,1-3H3. The van der Waals surface area contributed by atoms with E-state index in [-0.39, 0.29) is 5.41 Å². The summed E-state index contributed by atoms with van der Waals surface area (Å²) in [5.74, 6) is 1.54. The Labute approximate surface area is 110 Å². The average Bonchev–Trinajstić information content (AvgIpc) is 2.39. The maximum Gasteiger partial charge on any atom is 0.135 e. The third kappa shape index (κ3) is 2.89. The first-order valence-electron chi connectivity index (χ1n) is 7.09. The molecule has 1 aromatic rings. The Balaban J connectivity index is 2.31. The molecule has 2 rings (SSSR count). The highest BCUT2D eigenvalue weighted by molar-refractivity contribution is 5.18. The maximum absolute atomic E-state index is 5.84. The normalized spacial score (nSPS) is 18.0. The van der Waals surface area contributed by atoms with Crippen LogP contribution in [-0.4, -0.2) is 16.5 Å². The Morgan fingerprint density at radius 2 is 1.89 bits per heavy atom. The molecule has 1 fully saturated rings. The summed E-state index contributed by atoms with van der Waals surface area (Å²) in [7, 11) is 0. The Bertz CT molecular complexity index is 406. The zero-order chi connectivity index (χ0) is 13.2. The summed E-state index contributed by atoms with van der Waals surface area (Å²) in [6, 6.07) is 2.16. The summed E-state index contributed by atoms with van der Waals surface area (Å²) in [4.78, 5) is 9.39. The minimum atomic E-state index is -0.130. The first-order valence-corrected chi connectivity index (χ1v) is 7.09. The van der Waals surface area contributed by atoms with Crippen LogP contribution < -0.4 is 5.73 Å². The Hall–Kier alpha value is -0.960. The summed E-state index contributed by atoms with van der Waals surface area (Å²) in [6.45, 7) is 6.88. The van der Waals surface area contributed by atoms with E-state index in [2.05, 4.69) is 31.8 Å². The highest BCUT2D eigenvalue weighted by Gasteiger charge is 2.25. The lowest BCUT2D eigenvalue weighted by molar-refractivity contribution is 0.428. The zero-order valence-corrected chi connectivity index (χ0v) is 11.9. The third-order valence-electron chi connectivity index (χ3n) is 4.01. The van der Waals surface area contributed by atoms with Crippen LogP contribution in [0.5, 0.6) is 0 Å². The Morgan fingerprint density at radius 1 is 1.22 bits per heavy atom. The molecule has 2 N–H and O–H groups in total. The molecule has 3 nitrogen and oxygen atoms in total. The monoisotopic (exact) mass is 247 g/mol. The second kappa shape index (κ2) is 5.35. The van der Waals surface area contributed by atoms with E-state index in [1.54, 1.807) is 0 Å². The smallest absolute Gasteiger partial charge is 0.135 e. The summed E-state index contributed by atoms with van der Waals surface area (Å²) >= 11 is 0. The van der Waals surface area contributed by atoms with Crippen molar-refractivity contribution < 1.29 is 0 Å². The molecule has 0 saturated heterocycles. The molecule has 0 bridgehead atoms. The van der Waals surface area contributed by atoms with Crippen molar-refractivity contribution in [2.24, 2.45) is 5.73 Å². The van der Waals surface area contributed by atoms with E-state index in [1.807, 2.05) is 0 Å². The van der Waals surface area contributed by atoms with Crippen molar-refractivity contribution in [2.75, 3.05) is 6.54 Å². The van der Waals surface area contributed by atoms with Gasteiger partial charge in [0.1, 0.15) is 5.82 Å². The van der Waals surface area contributed by atoms with Crippen LogP contribution in [0.2, 0.25) is 0 Å². The summed E-state index contributed by atoms with van der Waals surface area (Å²) in [6.07, 6.45) is 6.60. The van der Waals surface area contributed by atoms with Crippen LogP contribution in [-0.2, 0) is 5.41 Å². The predicted molar refractivity (Wildman–Crippen MR) is 74.7 cm³/mol. The van der Waals surface area contributed by atoms with E-state index in [4.69, 9.17) is 10.7 Å². The van der Waals surface area contributed by atoms with Crippen LogP contribution in [0.1, 0.15) is 69.1 Å². The fraction of sp³-hybridized carbons (Fsp3) is 0.733. The zero-order valence-electron chi connectivity index (χ0n) is 11.9. The largest absolute Gasteiger partial charge is 0.329 e. The van der Waals surface area contributed by atoms with Crippen molar-refractivity contribution in [3.8, 4) is 0 Å². The van der Waals surface area contributed by atoms with E-state index < -0.39 is 0 Å². The van der Waals surface area contributed by atoms with Gasteiger partial charge in [0, 0.05) is 29.3 Å². The number of nitrogens with two attached hydrogens (primary N) is 1. The van der Waals surface area contributed by atoms with E-state index in [0.29, 0.717) is 12.5 Å². The van der Waals surface area contributed by atoms with Gasteiger partial charge in [-0.25, -0.2) is 9.97 Å². The number of hydrogen-bond donors (Lipinski definition) is 1. The molecule has 3 heteroatoms. The molecule has 1 aliphatic rings. The molecule has 0 spiro atoms. The second-order valence-electron chi connectivity index (χ2n) is 6.18. The highest BCUT2D eigenvalue weighted by atomic mass is 14.9. The van der Waals surface area contributed by atoms with Crippen LogP contribution in [0.15, 0.2) is 6.07 Å². The number of hydrogen-bond acceptors (Lipinski definition) is 3. The van der Waals surface area contributed by atoms with Crippen molar-refractivity contribution in [3.05, 3.63) is 23.3 Å². The number of aromatic nitrogens is 2. The second-order valence-corrected chi connectivity index (χ2v) is 6.18. The van der Waals surface area contributed by atoms with Crippen LogP contribution in [0.25, 0.3) is 0 Å². The van der Waals surface area contributed by atoms with Gasteiger partial charge in [-0.3, -0.25) is 0 Å². The predicted octanol–water partition coefficient (Wildman–Crippen LogP) is 3.07. The SMILES string of the molecule is Cc1cc(C2CCCCC2)nc(C(C)(C)CN)n1. The number of rotatable bonds is 3. The quantitative estimate of drug-likeness (QED) is 0.893. The van der Waals surface area contributed by atoms with Crippen molar-refractivity contribution in [1.29, 1.82) is 0 Å². The fourth-order valence-electron chi connectivity index (χ4n) is 2.59. The van der Waals surface area contributed by atoms with Crippen molar-refractivity contribution in [1.82, 2.24) is 9.97 Å². The van der Waals surface area contributed by atoms with Gasteiger partial charge < -0.3 is 5.73 Å². The summed E-state index contributed by atoms with van der Waals surface area (Å²) in [5, 5.41) is 0. The maximum atomic E-state index is 5.84. The lowest BCUT2D eigenvalue weighted by Crippen LogP contribution is -2.31. The molecule has 0 atom stereocenters. The highest BCUT2D eigenvalue weighted by Crippen LogP contribution is 2.32. The minimum absolute atomic E-state index is 0.130. The molecule has 1 aromatic heterocycles. The Kier molecular flexibility index (Phi) is 4.00. The molecule has 18 heavy (non-hydrogen) atoms. The van der Waals surface area contributed by atoms with Crippen molar-refractivity contribution >= 4 is 0 Å². The first kappa shape index (κ1) is 13.5. The van der Waals surface area contributed by atoms with Gasteiger partial charge in [0.05, 0.1) is 0 Å². The van der Waals surface area contributed by atoms with E-state index in [0.717, 1.165) is 11.5 Å². The minimum Gasteiger partial charge on any atom is -0.329 e.